The van der Waals surface area contributed by atoms with E-state index in [9.17, 15) is 0 Å². The second-order valence-electron chi connectivity index (χ2n) is 4.96. The summed E-state index contributed by atoms with van der Waals surface area (Å²) in [6.07, 6.45) is 2.09. The Kier molecular flexibility index (Phi) is 3.82. The Labute approximate surface area is 109 Å². The van der Waals surface area contributed by atoms with Gasteiger partial charge >= 0.3 is 0 Å². The molecule has 1 heterocycles. The van der Waals surface area contributed by atoms with E-state index >= 15 is 0 Å². The lowest BCUT2D eigenvalue weighted by Gasteiger charge is -2.06. The summed E-state index contributed by atoms with van der Waals surface area (Å²) in [7, 11) is 1.95. The lowest BCUT2D eigenvalue weighted by molar-refractivity contribution is 0.812. The zero-order valence-electron chi connectivity index (χ0n) is 11.6. The molecule has 0 aliphatic rings. The van der Waals surface area contributed by atoms with E-state index in [0.717, 1.165) is 17.9 Å². The van der Waals surface area contributed by atoms with E-state index < -0.39 is 0 Å². The fraction of sp³-hybridized carbons (Fsp3) is 0.400. The number of nitrogens with one attached hydrogen (secondary N) is 1. The summed E-state index contributed by atoms with van der Waals surface area (Å²) in [5.41, 5.74) is 4.80. The predicted molar refractivity (Wildman–Crippen MR) is 75.2 cm³/mol. The third-order valence-electron chi connectivity index (χ3n) is 3.19. The molecule has 0 unspecified atom stereocenters. The smallest absolute Gasteiger partial charge is 0.0645 e. The van der Waals surface area contributed by atoms with E-state index in [4.69, 9.17) is 0 Å². The van der Waals surface area contributed by atoms with Crippen molar-refractivity contribution in [3.8, 4) is 5.69 Å². The standard InChI is InChI=1S/C15H21N3/c1-11(2)13-5-7-15(8-6-13)18-10-14(9-16-4)12(3)17-18/h5-8,10-11,16H,9H2,1-4H3. The van der Waals surface area contributed by atoms with Crippen molar-refractivity contribution < 1.29 is 0 Å². The average Bonchev–Trinajstić information content (AvgIpc) is 2.72. The van der Waals surface area contributed by atoms with E-state index in [1.54, 1.807) is 0 Å². The van der Waals surface area contributed by atoms with Crippen LogP contribution in [-0.2, 0) is 6.54 Å². The quantitative estimate of drug-likeness (QED) is 0.894. The lowest BCUT2D eigenvalue weighted by atomic mass is 10.0. The van der Waals surface area contributed by atoms with E-state index in [1.807, 2.05) is 18.7 Å². The van der Waals surface area contributed by atoms with Gasteiger partial charge in [0, 0.05) is 18.3 Å². The Hall–Kier alpha value is -1.61. The van der Waals surface area contributed by atoms with Crippen LogP contribution in [0.15, 0.2) is 30.5 Å². The van der Waals surface area contributed by atoms with Crippen LogP contribution in [0, 0.1) is 6.92 Å². The van der Waals surface area contributed by atoms with Crippen molar-refractivity contribution in [2.75, 3.05) is 7.05 Å². The van der Waals surface area contributed by atoms with Gasteiger partial charge in [-0.1, -0.05) is 26.0 Å². The van der Waals surface area contributed by atoms with Gasteiger partial charge in [0.25, 0.3) is 0 Å². The van der Waals surface area contributed by atoms with Crippen molar-refractivity contribution in [1.29, 1.82) is 0 Å². The third kappa shape index (κ3) is 2.62. The van der Waals surface area contributed by atoms with Gasteiger partial charge < -0.3 is 5.32 Å². The molecular weight excluding hydrogens is 222 g/mol. The minimum Gasteiger partial charge on any atom is -0.316 e. The van der Waals surface area contributed by atoms with Crippen LogP contribution in [0.25, 0.3) is 5.69 Å². The maximum atomic E-state index is 4.55. The number of hydrogen-bond acceptors (Lipinski definition) is 2. The van der Waals surface area contributed by atoms with E-state index in [0.29, 0.717) is 5.92 Å². The fourth-order valence-electron chi connectivity index (χ4n) is 2.00. The van der Waals surface area contributed by atoms with Gasteiger partial charge in [-0.25, -0.2) is 4.68 Å². The van der Waals surface area contributed by atoms with Gasteiger partial charge in [-0.2, -0.15) is 5.10 Å². The highest BCUT2D eigenvalue weighted by molar-refractivity contribution is 5.36. The Bertz CT molecular complexity index is 509. The van der Waals surface area contributed by atoms with Gasteiger partial charge in [0.05, 0.1) is 11.4 Å². The molecule has 0 aliphatic heterocycles. The zero-order valence-corrected chi connectivity index (χ0v) is 11.6. The fourth-order valence-corrected chi connectivity index (χ4v) is 2.00. The molecule has 3 heteroatoms. The molecule has 1 aromatic heterocycles. The molecule has 18 heavy (non-hydrogen) atoms. The first kappa shape index (κ1) is 12.8. The molecule has 0 amide bonds. The van der Waals surface area contributed by atoms with Crippen molar-refractivity contribution in [2.45, 2.75) is 33.2 Å². The van der Waals surface area contributed by atoms with Gasteiger partial charge in [0.1, 0.15) is 0 Å². The van der Waals surface area contributed by atoms with E-state index in [-0.39, 0.29) is 0 Å². The first-order valence-corrected chi connectivity index (χ1v) is 6.42. The van der Waals surface area contributed by atoms with Crippen LogP contribution in [0.3, 0.4) is 0 Å². The maximum absolute atomic E-state index is 4.55. The number of hydrogen-bond donors (Lipinski definition) is 1. The summed E-state index contributed by atoms with van der Waals surface area (Å²) < 4.78 is 1.95. The van der Waals surface area contributed by atoms with Crippen LogP contribution < -0.4 is 5.32 Å². The Morgan fingerprint density at radius 3 is 2.44 bits per heavy atom. The number of aromatic nitrogens is 2. The highest BCUT2D eigenvalue weighted by Crippen LogP contribution is 2.17. The molecule has 3 nitrogen and oxygen atoms in total. The van der Waals surface area contributed by atoms with Crippen LogP contribution in [0.2, 0.25) is 0 Å². The summed E-state index contributed by atoms with van der Waals surface area (Å²) in [5, 5.41) is 7.71. The van der Waals surface area contributed by atoms with Crippen molar-refractivity contribution >= 4 is 0 Å². The molecule has 0 saturated heterocycles. The molecule has 0 saturated carbocycles. The summed E-state index contributed by atoms with van der Waals surface area (Å²) in [6, 6.07) is 8.61. The number of benzene rings is 1. The minimum absolute atomic E-state index is 0.568. The molecule has 2 aromatic rings. The van der Waals surface area contributed by atoms with E-state index in [1.165, 1.54) is 11.1 Å². The molecule has 0 fully saturated rings. The molecule has 2 rings (SSSR count). The topological polar surface area (TPSA) is 29.9 Å². The second kappa shape index (κ2) is 5.36. The molecule has 1 aromatic carbocycles. The molecular formula is C15H21N3. The second-order valence-corrected chi connectivity index (χ2v) is 4.96. The molecule has 0 spiro atoms. The molecule has 1 N–H and O–H groups in total. The summed E-state index contributed by atoms with van der Waals surface area (Å²) in [5.74, 6) is 0.568. The maximum Gasteiger partial charge on any atom is 0.0645 e. The summed E-state index contributed by atoms with van der Waals surface area (Å²) >= 11 is 0. The van der Waals surface area contributed by atoms with Gasteiger partial charge in [-0.05, 0) is 37.6 Å². The lowest BCUT2D eigenvalue weighted by Crippen LogP contribution is -2.05. The van der Waals surface area contributed by atoms with Crippen LogP contribution in [0.4, 0.5) is 0 Å². The van der Waals surface area contributed by atoms with Crippen molar-refractivity contribution in [3.63, 3.8) is 0 Å². The molecule has 96 valence electrons. The first-order valence-electron chi connectivity index (χ1n) is 6.42. The average molecular weight is 243 g/mol. The van der Waals surface area contributed by atoms with Gasteiger partial charge in [-0.15, -0.1) is 0 Å². The predicted octanol–water partition coefficient (Wildman–Crippen LogP) is 3.02. The molecule has 0 atom stereocenters. The molecule has 0 radical (unpaired) electrons. The van der Waals surface area contributed by atoms with Crippen molar-refractivity contribution in [2.24, 2.45) is 0 Å². The van der Waals surface area contributed by atoms with Crippen molar-refractivity contribution in [3.05, 3.63) is 47.3 Å². The van der Waals surface area contributed by atoms with Crippen LogP contribution in [0.1, 0.15) is 36.6 Å². The Balaban J connectivity index is 2.28. The highest BCUT2D eigenvalue weighted by atomic mass is 15.3. The highest BCUT2D eigenvalue weighted by Gasteiger charge is 2.06. The first-order chi connectivity index (χ1) is 8.61. The Morgan fingerprint density at radius 1 is 1.22 bits per heavy atom. The number of rotatable bonds is 4. The molecule has 0 aliphatic carbocycles. The zero-order chi connectivity index (χ0) is 13.1. The SMILES string of the molecule is CNCc1cn(-c2ccc(C(C)C)cc2)nc1C. The van der Waals surface area contributed by atoms with Crippen LogP contribution in [-0.4, -0.2) is 16.8 Å². The van der Waals surface area contributed by atoms with Crippen LogP contribution >= 0.6 is 0 Å². The third-order valence-corrected chi connectivity index (χ3v) is 3.19. The van der Waals surface area contributed by atoms with Gasteiger partial charge in [-0.3, -0.25) is 0 Å². The monoisotopic (exact) mass is 243 g/mol. The summed E-state index contributed by atoms with van der Waals surface area (Å²) in [4.78, 5) is 0. The summed E-state index contributed by atoms with van der Waals surface area (Å²) in [6.45, 7) is 7.32. The van der Waals surface area contributed by atoms with Crippen LogP contribution in [0.5, 0.6) is 0 Å². The van der Waals surface area contributed by atoms with Gasteiger partial charge in [0.2, 0.25) is 0 Å². The number of nitrogens with zero attached hydrogens (tertiary/aromatic N) is 2. The van der Waals surface area contributed by atoms with Gasteiger partial charge in [0.15, 0.2) is 0 Å². The van der Waals surface area contributed by atoms with Crippen molar-refractivity contribution in [1.82, 2.24) is 15.1 Å². The molecule has 0 bridgehead atoms. The number of aryl methyl sites for hydroxylation is 1. The van der Waals surface area contributed by atoms with E-state index in [2.05, 4.69) is 54.7 Å². The Morgan fingerprint density at radius 2 is 1.89 bits per heavy atom. The largest absolute Gasteiger partial charge is 0.316 e. The normalized spacial score (nSPS) is 11.2. The minimum atomic E-state index is 0.568.